The Morgan fingerprint density at radius 2 is 1.67 bits per heavy atom. The molecule has 110 valence electrons. The Hall–Kier alpha value is -1.72. The van der Waals surface area contributed by atoms with Gasteiger partial charge in [0.05, 0.1) is 4.92 Å². The maximum atomic E-state index is 10.8. The van der Waals surface area contributed by atoms with Crippen molar-refractivity contribution >= 4 is 21.6 Å². The molecule has 2 aromatic rings. The Balaban J connectivity index is 2.10. The van der Waals surface area contributed by atoms with E-state index in [9.17, 15) is 10.1 Å². The molecule has 2 aromatic carbocycles. The molecule has 2 rings (SSSR count). The molecule has 0 heterocycles. The van der Waals surface area contributed by atoms with E-state index in [2.05, 4.69) is 40.3 Å². The number of rotatable bonds is 5. The van der Waals surface area contributed by atoms with Gasteiger partial charge in [-0.25, -0.2) is 0 Å². The molecule has 0 aliphatic rings. The van der Waals surface area contributed by atoms with Crippen LogP contribution >= 0.6 is 15.9 Å². The van der Waals surface area contributed by atoms with Crippen molar-refractivity contribution in [1.29, 1.82) is 0 Å². The van der Waals surface area contributed by atoms with Gasteiger partial charge in [0.2, 0.25) is 0 Å². The fourth-order valence-electron chi connectivity index (χ4n) is 2.23. The Morgan fingerprint density at radius 1 is 1.05 bits per heavy atom. The summed E-state index contributed by atoms with van der Waals surface area (Å²) in [6.07, 6.45) is 0. The van der Waals surface area contributed by atoms with Crippen LogP contribution in [0.3, 0.4) is 0 Å². The summed E-state index contributed by atoms with van der Waals surface area (Å²) in [5, 5.41) is 14.3. The number of hydrogen-bond donors (Lipinski definition) is 1. The molecular formula is C16H17BrN2O2. The van der Waals surface area contributed by atoms with E-state index in [1.54, 1.807) is 12.1 Å². The average molecular weight is 349 g/mol. The second-order valence-corrected chi connectivity index (χ2v) is 5.93. The summed E-state index contributed by atoms with van der Waals surface area (Å²) in [6.45, 7) is 4.09. The summed E-state index contributed by atoms with van der Waals surface area (Å²) in [5.41, 5.74) is 2.21. The fourth-order valence-corrected chi connectivity index (χ4v) is 2.49. The van der Waals surface area contributed by atoms with Crippen molar-refractivity contribution in [3.05, 3.63) is 74.2 Å². The molecule has 0 saturated carbocycles. The zero-order valence-electron chi connectivity index (χ0n) is 11.9. The summed E-state index contributed by atoms with van der Waals surface area (Å²) in [7, 11) is 0. The van der Waals surface area contributed by atoms with Crippen molar-refractivity contribution in [2.75, 3.05) is 0 Å². The summed E-state index contributed by atoms with van der Waals surface area (Å²) >= 11 is 3.42. The first-order valence-electron chi connectivity index (χ1n) is 6.73. The Labute approximate surface area is 132 Å². The molecule has 2 atom stereocenters. The van der Waals surface area contributed by atoms with Gasteiger partial charge in [-0.15, -0.1) is 0 Å². The molecule has 0 saturated heterocycles. The van der Waals surface area contributed by atoms with Crippen molar-refractivity contribution in [1.82, 2.24) is 5.32 Å². The highest BCUT2D eigenvalue weighted by molar-refractivity contribution is 9.10. The third-order valence-electron chi connectivity index (χ3n) is 3.45. The molecule has 0 fully saturated rings. The minimum absolute atomic E-state index is 0.0311. The second kappa shape index (κ2) is 6.83. The van der Waals surface area contributed by atoms with Crippen molar-refractivity contribution in [2.24, 2.45) is 0 Å². The molecule has 21 heavy (non-hydrogen) atoms. The number of nitrogens with zero attached hydrogens (tertiary/aromatic N) is 1. The van der Waals surface area contributed by atoms with E-state index in [0.29, 0.717) is 0 Å². The molecule has 0 aromatic heterocycles. The quantitative estimate of drug-likeness (QED) is 0.625. The first-order valence-corrected chi connectivity index (χ1v) is 7.52. The van der Waals surface area contributed by atoms with Crippen LogP contribution in [0.25, 0.3) is 0 Å². The number of nitro groups is 1. The van der Waals surface area contributed by atoms with Crippen molar-refractivity contribution < 1.29 is 4.92 Å². The molecule has 1 unspecified atom stereocenters. The lowest BCUT2D eigenvalue weighted by Crippen LogP contribution is -2.22. The standard InChI is InChI=1S/C16H17BrN2O2/c1-11(13-6-8-15(17)9-7-13)18-12(2)14-4-3-5-16(10-14)19(20)21/h3-12,18H,1-2H3/t11-,12?/m0/s1. The molecule has 1 N–H and O–H groups in total. The van der Waals surface area contributed by atoms with Gasteiger partial charge in [0.1, 0.15) is 0 Å². The second-order valence-electron chi connectivity index (χ2n) is 5.01. The fraction of sp³-hybridized carbons (Fsp3) is 0.250. The van der Waals surface area contributed by atoms with Gasteiger partial charge in [-0.05, 0) is 37.1 Å². The highest BCUT2D eigenvalue weighted by Crippen LogP contribution is 2.23. The van der Waals surface area contributed by atoms with E-state index in [4.69, 9.17) is 0 Å². The van der Waals surface area contributed by atoms with Gasteiger partial charge in [0.25, 0.3) is 5.69 Å². The lowest BCUT2D eigenvalue weighted by molar-refractivity contribution is -0.384. The lowest BCUT2D eigenvalue weighted by Gasteiger charge is -2.20. The number of nitrogens with one attached hydrogen (secondary N) is 1. The summed E-state index contributed by atoms with van der Waals surface area (Å²) in [6, 6.07) is 15.1. The van der Waals surface area contributed by atoms with Gasteiger partial charge in [0, 0.05) is 28.7 Å². The number of non-ortho nitro benzene ring substituents is 1. The van der Waals surface area contributed by atoms with Crippen LogP contribution < -0.4 is 5.32 Å². The minimum Gasteiger partial charge on any atom is -0.304 e. The number of hydrogen-bond acceptors (Lipinski definition) is 3. The molecule has 0 aliphatic carbocycles. The van der Waals surface area contributed by atoms with Gasteiger partial charge < -0.3 is 5.32 Å². The third kappa shape index (κ3) is 4.12. The molecule has 5 heteroatoms. The van der Waals surface area contributed by atoms with Gasteiger partial charge in [-0.1, -0.05) is 40.2 Å². The molecular weight excluding hydrogens is 332 g/mol. The lowest BCUT2D eigenvalue weighted by atomic mass is 10.0. The van der Waals surface area contributed by atoms with E-state index in [1.165, 1.54) is 11.6 Å². The smallest absolute Gasteiger partial charge is 0.269 e. The van der Waals surface area contributed by atoms with Crippen LogP contribution in [0.2, 0.25) is 0 Å². The average Bonchev–Trinajstić information content (AvgIpc) is 2.48. The largest absolute Gasteiger partial charge is 0.304 e. The number of benzene rings is 2. The third-order valence-corrected chi connectivity index (χ3v) is 3.98. The maximum absolute atomic E-state index is 10.8. The summed E-state index contributed by atoms with van der Waals surface area (Å²) < 4.78 is 1.05. The van der Waals surface area contributed by atoms with Crippen LogP contribution in [0.15, 0.2) is 53.0 Å². The van der Waals surface area contributed by atoms with E-state index in [-0.39, 0.29) is 22.7 Å². The van der Waals surface area contributed by atoms with E-state index in [1.807, 2.05) is 25.1 Å². The molecule has 4 nitrogen and oxygen atoms in total. The zero-order chi connectivity index (χ0) is 15.4. The van der Waals surface area contributed by atoms with Crippen LogP contribution in [-0.4, -0.2) is 4.92 Å². The van der Waals surface area contributed by atoms with E-state index < -0.39 is 0 Å². The summed E-state index contributed by atoms with van der Waals surface area (Å²) in [4.78, 5) is 10.5. The predicted octanol–water partition coefficient (Wildman–Crippen LogP) is 4.77. The zero-order valence-corrected chi connectivity index (χ0v) is 13.5. The Morgan fingerprint density at radius 3 is 2.29 bits per heavy atom. The number of nitro benzene ring substituents is 1. The molecule has 0 amide bonds. The van der Waals surface area contributed by atoms with E-state index in [0.717, 1.165) is 10.0 Å². The van der Waals surface area contributed by atoms with Crippen molar-refractivity contribution in [2.45, 2.75) is 25.9 Å². The Bertz CT molecular complexity index is 628. The minimum atomic E-state index is -0.367. The summed E-state index contributed by atoms with van der Waals surface area (Å²) in [5.74, 6) is 0. The van der Waals surface area contributed by atoms with Crippen LogP contribution in [0.5, 0.6) is 0 Å². The molecule has 0 spiro atoms. The predicted molar refractivity (Wildman–Crippen MR) is 87.2 cm³/mol. The van der Waals surface area contributed by atoms with Gasteiger partial charge in [-0.2, -0.15) is 0 Å². The van der Waals surface area contributed by atoms with E-state index >= 15 is 0 Å². The van der Waals surface area contributed by atoms with Crippen LogP contribution in [0.1, 0.15) is 37.1 Å². The molecule has 0 radical (unpaired) electrons. The highest BCUT2D eigenvalue weighted by Gasteiger charge is 2.14. The first kappa shape index (κ1) is 15.7. The van der Waals surface area contributed by atoms with Gasteiger partial charge in [0.15, 0.2) is 0 Å². The van der Waals surface area contributed by atoms with Crippen LogP contribution in [0.4, 0.5) is 5.69 Å². The van der Waals surface area contributed by atoms with Crippen LogP contribution in [-0.2, 0) is 0 Å². The molecule has 0 aliphatic heterocycles. The SMILES string of the molecule is CC(N[C@@H](C)c1ccc(Br)cc1)c1cccc([N+](=O)[O-])c1. The number of halogens is 1. The highest BCUT2D eigenvalue weighted by atomic mass is 79.9. The van der Waals surface area contributed by atoms with Crippen molar-refractivity contribution in [3.8, 4) is 0 Å². The first-order chi connectivity index (χ1) is 9.97. The monoisotopic (exact) mass is 348 g/mol. The normalized spacial score (nSPS) is 13.7. The van der Waals surface area contributed by atoms with Crippen LogP contribution in [0, 0.1) is 10.1 Å². The van der Waals surface area contributed by atoms with Crippen molar-refractivity contribution in [3.63, 3.8) is 0 Å². The Kier molecular flexibility index (Phi) is 5.09. The molecule has 0 bridgehead atoms. The maximum Gasteiger partial charge on any atom is 0.269 e. The van der Waals surface area contributed by atoms with Gasteiger partial charge >= 0.3 is 0 Å². The van der Waals surface area contributed by atoms with Gasteiger partial charge in [-0.3, -0.25) is 10.1 Å². The topological polar surface area (TPSA) is 55.2 Å².